The van der Waals surface area contributed by atoms with Crippen LogP contribution in [-0.2, 0) is 14.9 Å². The molecule has 1 aromatic rings. The average Bonchev–Trinajstić information content (AvgIpc) is 2.96. The highest BCUT2D eigenvalue weighted by Crippen LogP contribution is 2.41. The van der Waals surface area contributed by atoms with E-state index in [1.54, 1.807) is 12.1 Å². The Morgan fingerprint density at radius 2 is 2.00 bits per heavy atom. The molecule has 0 saturated heterocycles. The zero-order chi connectivity index (χ0) is 15.3. The van der Waals surface area contributed by atoms with Crippen LogP contribution in [0.3, 0.4) is 0 Å². The van der Waals surface area contributed by atoms with Crippen LogP contribution < -0.4 is 5.32 Å². The lowest BCUT2D eigenvalue weighted by Gasteiger charge is -2.29. The second-order valence-electron chi connectivity index (χ2n) is 5.62. The van der Waals surface area contributed by atoms with Crippen LogP contribution in [0.25, 0.3) is 0 Å². The fraction of sp³-hybridized carbons (Fsp3) is 0.562. The summed E-state index contributed by atoms with van der Waals surface area (Å²) in [6, 6.07) is 6.16. The Morgan fingerprint density at radius 3 is 2.57 bits per heavy atom. The molecule has 2 N–H and O–H groups in total. The predicted octanol–water partition coefficient (Wildman–Crippen LogP) is 1.76. The van der Waals surface area contributed by atoms with Gasteiger partial charge in [0.05, 0.1) is 18.1 Å². The monoisotopic (exact) mass is 295 g/mol. The molecule has 1 aliphatic rings. The normalized spacial score (nSPS) is 18.4. The van der Waals surface area contributed by atoms with Gasteiger partial charge in [-0.1, -0.05) is 25.0 Å². The summed E-state index contributed by atoms with van der Waals surface area (Å²) >= 11 is 0. The predicted molar refractivity (Wildman–Crippen MR) is 77.4 cm³/mol. The number of halogens is 1. The van der Waals surface area contributed by atoms with E-state index in [0.717, 1.165) is 31.2 Å². The number of hydrogen-bond acceptors (Lipinski definition) is 3. The minimum absolute atomic E-state index is 0.0956. The molecule has 21 heavy (non-hydrogen) atoms. The van der Waals surface area contributed by atoms with Gasteiger partial charge in [0.1, 0.15) is 5.82 Å². The average molecular weight is 295 g/mol. The molecule has 2 rings (SSSR count). The first-order valence-electron chi connectivity index (χ1n) is 7.30. The molecule has 1 aromatic carbocycles. The summed E-state index contributed by atoms with van der Waals surface area (Å²) < 4.78 is 17.9. The Balaban J connectivity index is 2.10. The second kappa shape index (κ2) is 7.00. The Kier molecular flexibility index (Phi) is 5.31. The SMILES string of the molecule is COCC(O)CNC(=O)C1(c2ccc(F)cc2)CCCC1. The quantitative estimate of drug-likeness (QED) is 0.841. The molecule has 1 saturated carbocycles. The number of aliphatic hydroxyl groups is 1. The van der Waals surface area contributed by atoms with E-state index in [1.165, 1.54) is 19.2 Å². The number of benzene rings is 1. The Bertz CT molecular complexity index is 469. The number of ether oxygens (including phenoxy) is 1. The third-order valence-corrected chi connectivity index (χ3v) is 4.15. The number of rotatable bonds is 6. The van der Waals surface area contributed by atoms with E-state index in [-0.39, 0.29) is 24.9 Å². The molecule has 0 bridgehead atoms. The van der Waals surface area contributed by atoms with E-state index in [1.807, 2.05) is 0 Å². The summed E-state index contributed by atoms with van der Waals surface area (Å²) in [6.45, 7) is 0.347. The number of hydrogen-bond donors (Lipinski definition) is 2. The van der Waals surface area contributed by atoms with E-state index in [2.05, 4.69) is 5.32 Å². The van der Waals surface area contributed by atoms with Crippen molar-refractivity contribution < 1.29 is 19.0 Å². The minimum atomic E-state index is -0.717. The fourth-order valence-electron chi connectivity index (χ4n) is 3.03. The van der Waals surface area contributed by atoms with Gasteiger partial charge >= 0.3 is 0 Å². The molecule has 1 unspecified atom stereocenters. The maximum absolute atomic E-state index is 13.1. The molecule has 0 spiro atoms. The van der Waals surface area contributed by atoms with Crippen LogP contribution in [0.2, 0.25) is 0 Å². The summed E-state index contributed by atoms with van der Waals surface area (Å²) in [5, 5.41) is 12.4. The Morgan fingerprint density at radius 1 is 1.38 bits per heavy atom. The summed E-state index contributed by atoms with van der Waals surface area (Å²) in [6.07, 6.45) is 2.75. The van der Waals surface area contributed by atoms with Crippen LogP contribution >= 0.6 is 0 Å². The molecule has 0 aliphatic heterocycles. The van der Waals surface area contributed by atoms with Crippen LogP contribution in [0, 0.1) is 5.82 Å². The van der Waals surface area contributed by atoms with E-state index in [9.17, 15) is 14.3 Å². The molecular formula is C16H22FNO3. The maximum atomic E-state index is 13.1. The molecular weight excluding hydrogens is 273 g/mol. The number of carbonyl (C=O) groups is 1. The van der Waals surface area contributed by atoms with Crippen molar-refractivity contribution in [2.24, 2.45) is 0 Å². The highest BCUT2D eigenvalue weighted by Gasteiger charge is 2.42. The summed E-state index contributed by atoms with van der Waals surface area (Å²) in [7, 11) is 1.50. The molecule has 1 atom stereocenters. The van der Waals surface area contributed by atoms with Crippen LogP contribution in [-0.4, -0.2) is 37.4 Å². The first kappa shape index (κ1) is 15.9. The second-order valence-corrected chi connectivity index (χ2v) is 5.62. The van der Waals surface area contributed by atoms with Crippen molar-refractivity contribution in [3.05, 3.63) is 35.6 Å². The summed E-state index contributed by atoms with van der Waals surface area (Å²) in [4.78, 5) is 12.6. The number of aliphatic hydroxyl groups excluding tert-OH is 1. The van der Waals surface area contributed by atoms with Crippen molar-refractivity contribution >= 4 is 5.91 Å². The lowest BCUT2D eigenvalue weighted by atomic mass is 9.78. The summed E-state index contributed by atoms with van der Waals surface area (Å²) in [5.74, 6) is -0.399. The van der Waals surface area contributed by atoms with E-state index in [4.69, 9.17) is 4.74 Å². The number of methoxy groups -OCH3 is 1. The van der Waals surface area contributed by atoms with Gasteiger partial charge in [-0.3, -0.25) is 4.79 Å². The van der Waals surface area contributed by atoms with E-state index < -0.39 is 11.5 Å². The fourth-order valence-corrected chi connectivity index (χ4v) is 3.03. The largest absolute Gasteiger partial charge is 0.389 e. The first-order chi connectivity index (χ1) is 10.1. The lowest BCUT2D eigenvalue weighted by Crippen LogP contribution is -2.45. The van der Waals surface area contributed by atoms with Crippen molar-refractivity contribution in [2.45, 2.75) is 37.2 Å². The molecule has 0 aromatic heterocycles. The molecule has 1 aliphatic carbocycles. The van der Waals surface area contributed by atoms with Crippen molar-refractivity contribution in [2.75, 3.05) is 20.3 Å². The third kappa shape index (κ3) is 3.60. The smallest absolute Gasteiger partial charge is 0.230 e. The summed E-state index contributed by atoms with van der Waals surface area (Å²) in [5.41, 5.74) is 0.251. The van der Waals surface area contributed by atoms with Gasteiger partial charge in [-0.25, -0.2) is 4.39 Å². The van der Waals surface area contributed by atoms with Crippen molar-refractivity contribution in [3.8, 4) is 0 Å². The number of carbonyl (C=O) groups excluding carboxylic acids is 1. The third-order valence-electron chi connectivity index (χ3n) is 4.15. The van der Waals surface area contributed by atoms with Gasteiger partial charge in [0, 0.05) is 13.7 Å². The number of nitrogens with one attached hydrogen (secondary N) is 1. The van der Waals surface area contributed by atoms with Crippen LogP contribution in [0.15, 0.2) is 24.3 Å². The molecule has 116 valence electrons. The Labute approximate surface area is 124 Å². The molecule has 1 amide bonds. The lowest BCUT2D eigenvalue weighted by molar-refractivity contribution is -0.127. The molecule has 0 heterocycles. The van der Waals surface area contributed by atoms with Crippen LogP contribution in [0.1, 0.15) is 31.2 Å². The van der Waals surface area contributed by atoms with Crippen molar-refractivity contribution in [3.63, 3.8) is 0 Å². The Hall–Kier alpha value is -1.46. The van der Waals surface area contributed by atoms with Gasteiger partial charge in [0.15, 0.2) is 0 Å². The first-order valence-corrected chi connectivity index (χ1v) is 7.30. The van der Waals surface area contributed by atoms with Gasteiger partial charge in [-0.05, 0) is 30.5 Å². The van der Waals surface area contributed by atoms with Gasteiger partial charge in [0.25, 0.3) is 0 Å². The van der Waals surface area contributed by atoms with Crippen LogP contribution in [0.4, 0.5) is 4.39 Å². The van der Waals surface area contributed by atoms with Gasteiger partial charge < -0.3 is 15.2 Å². The van der Waals surface area contributed by atoms with E-state index in [0.29, 0.717) is 0 Å². The van der Waals surface area contributed by atoms with Gasteiger partial charge in [-0.15, -0.1) is 0 Å². The number of amides is 1. The van der Waals surface area contributed by atoms with Crippen molar-refractivity contribution in [1.82, 2.24) is 5.32 Å². The zero-order valence-corrected chi connectivity index (χ0v) is 12.3. The standard InChI is InChI=1S/C16H22FNO3/c1-21-11-14(19)10-18-15(20)16(8-2-3-9-16)12-4-6-13(17)7-5-12/h4-7,14,19H,2-3,8-11H2,1H3,(H,18,20). The minimum Gasteiger partial charge on any atom is -0.389 e. The maximum Gasteiger partial charge on any atom is 0.230 e. The van der Waals surface area contributed by atoms with Crippen molar-refractivity contribution in [1.29, 1.82) is 0 Å². The molecule has 0 radical (unpaired) electrons. The van der Waals surface area contributed by atoms with Crippen LogP contribution in [0.5, 0.6) is 0 Å². The highest BCUT2D eigenvalue weighted by molar-refractivity contribution is 5.88. The molecule has 1 fully saturated rings. The van der Waals surface area contributed by atoms with Gasteiger partial charge in [-0.2, -0.15) is 0 Å². The van der Waals surface area contributed by atoms with E-state index >= 15 is 0 Å². The van der Waals surface area contributed by atoms with Gasteiger partial charge in [0.2, 0.25) is 5.91 Å². The molecule has 5 heteroatoms. The zero-order valence-electron chi connectivity index (χ0n) is 12.3. The molecule has 4 nitrogen and oxygen atoms in total. The highest BCUT2D eigenvalue weighted by atomic mass is 19.1. The topological polar surface area (TPSA) is 58.6 Å².